The topological polar surface area (TPSA) is 70.2 Å². The predicted octanol–water partition coefficient (Wildman–Crippen LogP) is 7.12. The lowest BCUT2D eigenvalue weighted by Crippen LogP contribution is -2.19. The van der Waals surface area contributed by atoms with Crippen molar-refractivity contribution in [1.29, 1.82) is 0 Å². The average molecular weight is 508 g/mol. The van der Waals surface area contributed by atoms with Gasteiger partial charge in [0.25, 0.3) is 10.0 Å². The Morgan fingerprint density at radius 2 is 1.41 bits per heavy atom. The first-order chi connectivity index (χ1) is 15.2. The molecule has 0 unspecified atom stereocenters. The first kappa shape index (κ1) is 24.3. The van der Waals surface area contributed by atoms with Gasteiger partial charge < -0.3 is 10.6 Å². The SMILES string of the molecule is CC[C@H](C)c1ccc(NC(=S)Nc2ccc(S(=O)(=O)Nc3ccc(Cl)c(Cl)c3)cc2)cc1. The smallest absolute Gasteiger partial charge is 0.261 e. The molecule has 0 saturated carbocycles. The number of rotatable bonds is 7. The van der Waals surface area contributed by atoms with E-state index in [2.05, 4.69) is 41.3 Å². The molecule has 0 aliphatic heterocycles. The zero-order valence-electron chi connectivity index (χ0n) is 17.5. The predicted molar refractivity (Wildman–Crippen MR) is 139 cm³/mol. The third kappa shape index (κ3) is 6.36. The summed E-state index contributed by atoms with van der Waals surface area (Å²) in [6.07, 6.45) is 1.08. The summed E-state index contributed by atoms with van der Waals surface area (Å²) < 4.78 is 27.7. The fourth-order valence-electron chi connectivity index (χ4n) is 2.92. The second-order valence-corrected chi connectivity index (χ2v) is 10.2. The molecule has 0 amide bonds. The molecule has 1 atom stereocenters. The standard InChI is InChI=1S/C23H23Cl2N3O2S2/c1-3-15(2)16-4-6-17(7-5-16)26-23(31)27-18-8-11-20(12-9-18)32(29,30)28-19-10-13-21(24)22(25)14-19/h4-15,28H,3H2,1-2H3,(H2,26,27,31)/t15-/m0/s1. The maximum absolute atomic E-state index is 12.6. The highest BCUT2D eigenvalue weighted by Gasteiger charge is 2.15. The molecule has 0 aliphatic carbocycles. The van der Waals surface area contributed by atoms with Crippen LogP contribution < -0.4 is 15.4 Å². The van der Waals surface area contributed by atoms with E-state index in [1.165, 1.54) is 29.8 Å². The lowest BCUT2D eigenvalue weighted by atomic mass is 9.99. The van der Waals surface area contributed by atoms with Gasteiger partial charge in [0.05, 0.1) is 20.6 Å². The third-order valence-electron chi connectivity index (χ3n) is 4.94. The monoisotopic (exact) mass is 507 g/mol. The van der Waals surface area contributed by atoms with E-state index in [0.717, 1.165) is 12.1 Å². The van der Waals surface area contributed by atoms with Crippen molar-refractivity contribution < 1.29 is 8.42 Å². The Kier molecular flexibility index (Phi) is 8.00. The van der Waals surface area contributed by atoms with Gasteiger partial charge in [-0.1, -0.05) is 49.2 Å². The second kappa shape index (κ2) is 10.5. The summed E-state index contributed by atoms with van der Waals surface area (Å²) in [6, 6.07) is 18.9. The first-order valence-corrected chi connectivity index (χ1v) is 12.6. The minimum atomic E-state index is -3.78. The summed E-state index contributed by atoms with van der Waals surface area (Å²) in [6.45, 7) is 4.36. The van der Waals surface area contributed by atoms with Gasteiger partial charge in [-0.25, -0.2) is 8.42 Å². The van der Waals surface area contributed by atoms with Crippen LogP contribution in [0.2, 0.25) is 10.0 Å². The molecule has 0 spiro atoms. The second-order valence-electron chi connectivity index (χ2n) is 7.27. The normalized spacial score (nSPS) is 12.1. The summed E-state index contributed by atoms with van der Waals surface area (Å²) in [5.74, 6) is 0.509. The molecule has 0 aromatic heterocycles. The molecular formula is C23H23Cl2N3O2S2. The maximum Gasteiger partial charge on any atom is 0.261 e. The number of hydrogen-bond donors (Lipinski definition) is 3. The van der Waals surface area contributed by atoms with Crippen LogP contribution in [0.1, 0.15) is 31.7 Å². The van der Waals surface area contributed by atoms with Crippen LogP contribution in [0.4, 0.5) is 17.1 Å². The zero-order chi connectivity index (χ0) is 23.3. The van der Waals surface area contributed by atoms with E-state index in [1.807, 2.05) is 12.1 Å². The highest BCUT2D eigenvalue weighted by atomic mass is 35.5. The number of thiocarbonyl (C=S) groups is 1. The molecular weight excluding hydrogens is 485 g/mol. The Balaban J connectivity index is 1.62. The molecule has 32 heavy (non-hydrogen) atoms. The number of anilines is 3. The van der Waals surface area contributed by atoms with E-state index in [0.29, 0.717) is 27.4 Å². The first-order valence-electron chi connectivity index (χ1n) is 9.94. The number of sulfonamides is 1. The van der Waals surface area contributed by atoms with E-state index in [9.17, 15) is 8.42 Å². The van der Waals surface area contributed by atoms with E-state index in [4.69, 9.17) is 35.4 Å². The van der Waals surface area contributed by atoms with Crippen molar-refractivity contribution >= 4 is 67.6 Å². The quantitative estimate of drug-likeness (QED) is 0.297. The van der Waals surface area contributed by atoms with Crippen molar-refractivity contribution in [2.75, 3.05) is 15.4 Å². The van der Waals surface area contributed by atoms with Crippen LogP contribution in [0.15, 0.2) is 71.6 Å². The van der Waals surface area contributed by atoms with Gasteiger partial charge in [0.2, 0.25) is 0 Å². The summed E-state index contributed by atoms with van der Waals surface area (Å²) in [4.78, 5) is 0.105. The molecule has 0 fully saturated rings. The van der Waals surface area contributed by atoms with Gasteiger partial charge in [0, 0.05) is 11.4 Å². The fraction of sp³-hybridized carbons (Fsp3) is 0.174. The van der Waals surface area contributed by atoms with Crippen LogP contribution >= 0.6 is 35.4 Å². The fourth-order valence-corrected chi connectivity index (χ4v) is 4.50. The molecule has 3 rings (SSSR count). The van der Waals surface area contributed by atoms with Crippen molar-refractivity contribution in [3.8, 4) is 0 Å². The van der Waals surface area contributed by atoms with Crippen molar-refractivity contribution in [2.45, 2.75) is 31.1 Å². The van der Waals surface area contributed by atoms with Gasteiger partial charge in [-0.2, -0.15) is 0 Å². The highest BCUT2D eigenvalue weighted by Crippen LogP contribution is 2.27. The molecule has 0 saturated heterocycles. The minimum Gasteiger partial charge on any atom is -0.332 e. The summed E-state index contributed by atoms with van der Waals surface area (Å²) in [5, 5.41) is 7.20. The minimum absolute atomic E-state index is 0.105. The highest BCUT2D eigenvalue weighted by molar-refractivity contribution is 7.92. The molecule has 3 N–H and O–H groups in total. The molecule has 168 valence electrons. The van der Waals surface area contributed by atoms with Crippen LogP contribution in [0.25, 0.3) is 0 Å². The molecule has 9 heteroatoms. The van der Waals surface area contributed by atoms with Gasteiger partial charge in [-0.15, -0.1) is 0 Å². The molecule has 3 aromatic rings. The van der Waals surface area contributed by atoms with Crippen molar-refractivity contribution in [2.24, 2.45) is 0 Å². The van der Waals surface area contributed by atoms with Crippen molar-refractivity contribution in [1.82, 2.24) is 0 Å². The number of benzene rings is 3. The van der Waals surface area contributed by atoms with Gasteiger partial charge in [0.1, 0.15) is 0 Å². The Bertz CT molecular complexity index is 1200. The van der Waals surface area contributed by atoms with Crippen molar-refractivity contribution in [3.05, 3.63) is 82.3 Å². The van der Waals surface area contributed by atoms with Gasteiger partial charge in [-0.3, -0.25) is 4.72 Å². The zero-order valence-corrected chi connectivity index (χ0v) is 20.7. The Morgan fingerprint density at radius 1 is 0.875 bits per heavy atom. The lowest BCUT2D eigenvalue weighted by molar-refractivity contribution is 0.601. The lowest BCUT2D eigenvalue weighted by Gasteiger charge is -2.13. The van der Waals surface area contributed by atoms with E-state index in [1.54, 1.807) is 18.2 Å². The van der Waals surface area contributed by atoms with Crippen LogP contribution in [0.3, 0.4) is 0 Å². The van der Waals surface area contributed by atoms with Gasteiger partial charge in [0.15, 0.2) is 5.11 Å². The maximum atomic E-state index is 12.6. The number of halogens is 2. The van der Waals surface area contributed by atoms with Crippen LogP contribution in [0, 0.1) is 0 Å². The Morgan fingerprint density at radius 3 is 1.94 bits per heavy atom. The van der Waals surface area contributed by atoms with Crippen molar-refractivity contribution in [3.63, 3.8) is 0 Å². The van der Waals surface area contributed by atoms with Crippen LogP contribution in [0.5, 0.6) is 0 Å². The number of hydrogen-bond acceptors (Lipinski definition) is 3. The molecule has 5 nitrogen and oxygen atoms in total. The Labute approximate surface area is 204 Å². The largest absolute Gasteiger partial charge is 0.332 e. The van der Waals surface area contributed by atoms with Gasteiger partial charge in [-0.05, 0) is 84.7 Å². The Hall–Kier alpha value is -2.32. The third-order valence-corrected chi connectivity index (χ3v) is 7.28. The molecule has 0 bridgehead atoms. The van der Waals surface area contributed by atoms with E-state index < -0.39 is 10.0 Å². The molecule has 0 radical (unpaired) electrons. The molecule has 0 heterocycles. The summed E-state index contributed by atoms with van der Waals surface area (Å²) >= 11 is 17.2. The van der Waals surface area contributed by atoms with Crippen LogP contribution in [-0.4, -0.2) is 13.5 Å². The van der Waals surface area contributed by atoms with E-state index >= 15 is 0 Å². The van der Waals surface area contributed by atoms with Gasteiger partial charge >= 0.3 is 0 Å². The van der Waals surface area contributed by atoms with E-state index in [-0.39, 0.29) is 9.92 Å². The molecule has 0 aliphatic rings. The average Bonchev–Trinajstić information content (AvgIpc) is 2.76. The molecule has 3 aromatic carbocycles. The summed E-state index contributed by atoms with van der Waals surface area (Å²) in [5.41, 5.74) is 3.14. The van der Waals surface area contributed by atoms with Crippen LogP contribution in [-0.2, 0) is 10.0 Å². The summed E-state index contributed by atoms with van der Waals surface area (Å²) in [7, 11) is -3.78. The number of nitrogens with one attached hydrogen (secondary N) is 3.